The Balaban J connectivity index is 2.02. The van der Waals surface area contributed by atoms with Gasteiger partial charge in [0, 0.05) is 17.1 Å². The molecule has 0 unspecified atom stereocenters. The number of amides is 1. The van der Waals surface area contributed by atoms with Crippen molar-refractivity contribution >= 4 is 28.7 Å². The molecule has 0 bridgehead atoms. The van der Waals surface area contributed by atoms with Gasteiger partial charge in [-0.05, 0) is 29.6 Å². The molecule has 0 spiro atoms. The molecule has 0 saturated carbocycles. The maximum atomic E-state index is 13.0. The van der Waals surface area contributed by atoms with Crippen LogP contribution in [0.5, 0.6) is 0 Å². The number of para-hydroxylation sites is 1. The first-order valence-corrected chi connectivity index (χ1v) is 8.03. The van der Waals surface area contributed by atoms with Gasteiger partial charge in [0.15, 0.2) is 0 Å². The summed E-state index contributed by atoms with van der Waals surface area (Å²) in [5.41, 5.74) is -0.167. The van der Waals surface area contributed by atoms with E-state index in [0.29, 0.717) is 12.4 Å². The van der Waals surface area contributed by atoms with Crippen LogP contribution in [0.4, 0.5) is 11.5 Å². The molecule has 0 saturated heterocycles. The van der Waals surface area contributed by atoms with Crippen LogP contribution in [0.1, 0.15) is 15.2 Å². The molecule has 0 atom stereocenters. The molecule has 0 aliphatic heterocycles. The first-order chi connectivity index (χ1) is 11.7. The van der Waals surface area contributed by atoms with E-state index in [2.05, 4.69) is 4.98 Å². The van der Waals surface area contributed by atoms with Crippen molar-refractivity contribution in [2.24, 2.45) is 0 Å². The summed E-state index contributed by atoms with van der Waals surface area (Å²) in [5, 5.41) is 13.1. The van der Waals surface area contributed by atoms with Crippen molar-refractivity contribution < 1.29 is 9.72 Å². The molecule has 3 aromatic rings. The van der Waals surface area contributed by atoms with Crippen molar-refractivity contribution in [2.45, 2.75) is 6.54 Å². The monoisotopic (exact) mass is 339 g/mol. The number of pyridine rings is 1. The summed E-state index contributed by atoms with van der Waals surface area (Å²) >= 11 is 1.51. The van der Waals surface area contributed by atoms with Gasteiger partial charge in [-0.2, -0.15) is 0 Å². The van der Waals surface area contributed by atoms with Gasteiger partial charge in [-0.25, -0.2) is 4.98 Å². The highest BCUT2D eigenvalue weighted by Gasteiger charge is 2.26. The van der Waals surface area contributed by atoms with Crippen molar-refractivity contribution in [3.05, 3.63) is 86.7 Å². The van der Waals surface area contributed by atoms with Crippen LogP contribution in [0.3, 0.4) is 0 Å². The van der Waals surface area contributed by atoms with Gasteiger partial charge in [0.1, 0.15) is 11.4 Å². The topological polar surface area (TPSA) is 76.3 Å². The van der Waals surface area contributed by atoms with E-state index in [9.17, 15) is 14.9 Å². The number of carbonyl (C=O) groups excluding carboxylic acids is 1. The number of anilines is 1. The first kappa shape index (κ1) is 15.8. The van der Waals surface area contributed by atoms with E-state index < -0.39 is 10.8 Å². The first-order valence-electron chi connectivity index (χ1n) is 7.15. The minimum Gasteiger partial charge on any atom is -0.287 e. The minimum absolute atomic E-state index is 0.0460. The zero-order valence-electron chi connectivity index (χ0n) is 12.5. The lowest BCUT2D eigenvalue weighted by atomic mass is 10.1. The van der Waals surface area contributed by atoms with Gasteiger partial charge in [0.05, 0.1) is 11.5 Å². The number of benzene rings is 1. The third-order valence-corrected chi connectivity index (χ3v) is 4.26. The van der Waals surface area contributed by atoms with Crippen molar-refractivity contribution in [1.82, 2.24) is 4.98 Å². The summed E-state index contributed by atoms with van der Waals surface area (Å²) < 4.78 is 0. The lowest BCUT2D eigenvalue weighted by molar-refractivity contribution is -0.385. The molecule has 0 fully saturated rings. The van der Waals surface area contributed by atoms with Crippen LogP contribution in [0.2, 0.25) is 0 Å². The number of thiophene rings is 1. The molecule has 6 nitrogen and oxygen atoms in total. The maximum Gasteiger partial charge on any atom is 0.282 e. The highest BCUT2D eigenvalue weighted by Crippen LogP contribution is 2.24. The van der Waals surface area contributed by atoms with Crippen molar-refractivity contribution in [3.8, 4) is 0 Å². The molecular weight excluding hydrogens is 326 g/mol. The molecule has 120 valence electrons. The van der Waals surface area contributed by atoms with E-state index in [1.165, 1.54) is 28.4 Å². The summed E-state index contributed by atoms with van der Waals surface area (Å²) in [6.45, 7) is 0.305. The van der Waals surface area contributed by atoms with Gasteiger partial charge >= 0.3 is 0 Å². The second-order valence-corrected chi connectivity index (χ2v) is 5.97. The van der Waals surface area contributed by atoms with Gasteiger partial charge in [0.25, 0.3) is 11.6 Å². The summed E-state index contributed by atoms with van der Waals surface area (Å²) in [6.07, 6.45) is 1.59. The molecule has 1 aromatic carbocycles. The Morgan fingerprint density at radius 2 is 1.92 bits per heavy atom. The Morgan fingerprint density at radius 3 is 2.58 bits per heavy atom. The minimum atomic E-state index is -0.547. The molecule has 2 aromatic heterocycles. The number of carbonyl (C=O) groups is 1. The van der Waals surface area contributed by atoms with Crippen LogP contribution < -0.4 is 4.90 Å². The number of hydrogen-bond donors (Lipinski definition) is 0. The summed E-state index contributed by atoms with van der Waals surface area (Å²) in [6, 6.07) is 15.0. The average Bonchev–Trinajstić information content (AvgIpc) is 3.13. The molecule has 0 aliphatic carbocycles. The molecular formula is C17H13N3O3S. The van der Waals surface area contributed by atoms with E-state index >= 15 is 0 Å². The number of aromatic nitrogens is 1. The zero-order valence-corrected chi connectivity index (χ0v) is 13.3. The van der Waals surface area contributed by atoms with E-state index in [4.69, 9.17) is 0 Å². The molecule has 1 amide bonds. The van der Waals surface area contributed by atoms with Crippen molar-refractivity contribution in [1.29, 1.82) is 0 Å². The molecule has 2 heterocycles. The Hall–Kier alpha value is -3.06. The smallest absolute Gasteiger partial charge is 0.282 e. The lowest BCUT2D eigenvalue weighted by Gasteiger charge is -2.21. The second kappa shape index (κ2) is 7.01. The highest BCUT2D eigenvalue weighted by molar-refractivity contribution is 7.09. The van der Waals surface area contributed by atoms with E-state index in [0.717, 1.165) is 4.88 Å². The van der Waals surface area contributed by atoms with Gasteiger partial charge in [0.2, 0.25) is 0 Å². The lowest BCUT2D eigenvalue weighted by Crippen LogP contribution is -2.31. The normalized spacial score (nSPS) is 10.3. The summed E-state index contributed by atoms with van der Waals surface area (Å²) in [4.78, 5) is 30.3. The summed E-state index contributed by atoms with van der Waals surface area (Å²) in [5.74, 6) is 0.00320. The molecule has 7 heteroatoms. The standard InChI is InChI=1S/C17H13N3O3S/c21-17(14-7-1-2-8-15(14)20(22)23)19(12-13-6-5-11-24-13)16-9-3-4-10-18-16/h1-11H,12H2. The quantitative estimate of drug-likeness (QED) is 0.522. The number of nitro benzene ring substituents is 1. The van der Waals surface area contributed by atoms with E-state index in [-0.39, 0.29) is 11.3 Å². The second-order valence-electron chi connectivity index (χ2n) is 4.93. The van der Waals surface area contributed by atoms with E-state index in [1.807, 2.05) is 17.5 Å². The van der Waals surface area contributed by atoms with Crippen LogP contribution >= 0.6 is 11.3 Å². The molecule has 24 heavy (non-hydrogen) atoms. The number of nitro groups is 1. The van der Waals surface area contributed by atoms with Gasteiger partial charge in [-0.3, -0.25) is 19.8 Å². The van der Waals surface area contributed by atoms with Crippen molar-refractivity contribution in [3.63, 3.8) is 0 Å². The van der Waals surface area contributed by atoms with Crippen LogP contribution in [0.25, 0.3) is 0 Å². The highest BCUT2D eigenvalue weighted by atomic mass is 32.1. The Kier molecular flexibility index (Phi) is 4.62. The Morgan fingerprint density at radius 1 is 1.12 bits per heavy atom. The van der Waals surface area contributed by atoms with E-state index in [1.54, 1.807) is 36.5 Å². The fraction of sp³-hybridized carbons (Fsp3) is 0.0588. The van der Waals surface area contributed by atoms with Crippen LogP contribution in [0, 0.1) is 10.1 Å². The van der Waals surface area contributed by atoms with Gasteiger partial charge in [-0.15, -0.1) is 11.3 Å². The number of nitrogens with zero attached hydrogens (tertiary/aromatic N) is 3. The van der Waals surface area contributed by atoms with Gasteiger partial charge in [-0.1, -0.05) is 24.3 Å². The SMILES string of the molecule is O=C(c1ccccc1[N+](=O)[O-])N(Cc1cccs1)c1ccccn1. The zero-order chi connectivity index (χ0) is 16.9. The molecule has 0 aliphatic rings. The fourth-order valence-electron chi connectivity index (χ4n) is 2.29. The van der Waals surface area contributed by atoms with Crippen LogP contribution in [-0.4, -0.2) is 15.8 Å². The Labute approximate surface area is 142 Å². The maximum absolute atomic E-state index is 13.0. The van der Waals surface area contributed by atoms with Crippen molar-refractivity contribution in [2.75, 3.05) is 4.90 Å². The van der Waals surface area contributed by atoms with Gasteiger partial charge < -0.3 is 0 Å². The molecule has 0 radical (unpaired) electrons. The predicted molar refractivity (Wildman–Crippen MR) is 92.2 cm³/mol. The van der Waals surface area contributed by atoms with Crippen LogP contribution in [-0.2, 0) is 6.54 Å². The predicted octanol–water partition coefficient (Wildman–Crippen LogP) is 3.90. The number of hydrogen-bond acceptors (Lipinski definition) is 5. The fourth-order valence-corrected chi connectivity index (χ4v) is 2.98. The number of rotatable bonds is 5. The third-order valence-electron chi connectivity index (χ3n) is 3.40. The third kappa shape index (κ3) is 3.31. The molecule has 0 N–H and O–H groups in total. The Bertz CT molecular complexity index is 851. The average molecular weight is 339 g/mol. The van der Waals surface area contributed by atoms with Crippen LogP contribution in [0.15, 0.2) is 66.2 Å². The largest absolute Gasteiger partial charge is 0.287 e. The summed E-state index contributed by atoms with van der Waals surface area (Å²) in [7, 11) is 0. The molecule has 3 rings (SSSR count).